The molecule has 1 aromatic carbocycles. The third-order valence-corrected chi connectivity index (χ3v) is 4.96. The van der Waals surface area contributed by atoms with E-state index in [0.717, 1.165) is 43.9 Å². The number of para-hydroxylation sites is 1. The van der Waals surface area contributed by atoms with Gasteiger partial charge in [0.05, 0.1) is 5.52 Å². The Morgan fingerprint density at radius 1 is 1.21 bits per heavy atom. The summed E-state index contributed by atoms with van der Waals surface area (Å²) >= 11 is 0. The Labute approximate surface area is 142 Å². The first-order chi connectivity index (χ1) is 11.7. The Morgan fingerprint density at radius 3 is 2.71 bits per heavy atom. The number of nitrogens with one attached hydrogen (secondary N) is 1. The minimum absolute atomic E-state index is 0.000327. The van der Waals surface area contributed by atoms with Crippen LogP contribution in [-0.4, -0.2) is 42.1 Å². The van der Waals surface area contributed by atoms with Crippen molar-refractivity contribution in [3.8, 4) is 0 Å². The molecule has 0 bridgehead atoms. The smallest absolute Gasteiger partial charge is 0.242 e. The molecule has 2 heterocycles. The predicted molar refractivity (Wildman–Crippen MR) is 96.1 cm³/mol. The molecular formula is C19H25N3O2. The molecule has 0 radical (unpaired) electrons. The van der Waals surface area contributed by atoms with Crippen molar-refractivity contribution in [3.63, 3.8) is 0 Å². The van der Waals surface area contributed by atoms with E-state index in [1.165, 1.54) is 6.42 Å². The van der Waals surface area contributed by atoms with Crippen molar-refractivity contribution < 1.29 is 4.79 Å². The normalized spacial score (nSPS) is 15.8. The lowest BCUT2D eigenvalue weighted by molar-refractivity contribution is -0.133. The lowest BCUT2D eigenvalue weighted by Crippen LogP contribution is -2.40. The molecule has 1 fully saturated rings. The average Bonchev–Trinajstić information content (AvgIpc) is 2.63. The summed E-state index contributed by atoms with van der Waals surface area (Å²) in [4.78, 5) is 26.5. The van der Waals surface area contributed by atoms with E-state index in [-0.39, 0.29) is 11.3 Å². The number of fused-ring (bicyclic) bond motifs is 1. The molecule has 128 valence electrons. The predicted octanol–water partition coefficient (Wildman–Crippen LogP) is 1.85. The zero-order valence-corrected chi connectivity index (χ0v) is 14.2. The summed E-state index contributed by atoms with van der Waals surface area (Å²) in [6.07, 6.45) is 5.07. The van der Waals surface area contributed by atoms with Gasteiger partial charge in [-0.2, -0.15) is 0 Å². The van der Waals surface area contributed by atoms with Crippen LogP contribution in [0.5, 0.6) is 0 Å². The number of hydrogen-bond donors (Lipinski definition) is 1. The SMILES string of the molecule is CNCCC1CCN(C(=O)Cn2ccc(=O)c3ccccc32)CC1. The van der Waals surface area contributed by atoms with E-state index < -0.39 is 0 Å². The topological polar surface area (TPSA) is 54.3 Å². The highest BCUT2D eigenvalue weighted by Crippen LogP contribution is 2.20. The Morgan fingerprint density at radius 2 is 1.96 bits per heavy atom. The van der Waals surface area contributed by atoms with Crippen LogP contribution in [0.2, 0.25) is 0 Å². The van der Waals surface area contributed by atoms with Crippen LogP contribution in [0.15, 0.2) is 41.3 Å². The summed E-state index contributed by atoms with van der Waals surface area (Å²) in [6, 6.07) is 9.00. The Balaban J connectivity index is 1.66. The first kappa shape index (κ1) is 16.7. The minimum atomic E-state index is -0.000327. The fourth-order valence-corrected chi connectivity index (χ4v) is 3.46. The number of nitrogens with zero attached hydrogens (tertiary/aromatic N) is 2. The summed E-state index contributed by atoms with van der Waals surface area (Å²) < 4.78 is 1.88. The van der Waals surface area contributed by atoms with E-state index in [0.29, 0.717) is 11.9 Å². The second-order valence-corrected chi connectivity index (χ2v) is 6.54. The highest BCUT2D eigenvalue weighted by Gasteiger charge is 2.22. The molecule has 0 unspecified atom stereocenters. The molecule has 2 aromatic rings. The number of piperidine rings is 1. The molecular weight excluding hydrogens is 302 g/mol. The zero-order chi connectivity index (χ0) is 16.9. The molecule has 1 aromatic heterocycles. The van der Waals surface area contributed by atoms with Gasteiger partial charge in [-0.15, -0.1) is 0 Å². The number of benzene rings is 1. The number of likely N-dealkylation sites (tertiary alicyclic amines) is 1. The molecule has 0 saturated carbocycles. The van der Waals surface area contributed by atoms with E-state index in [1.807, 2.05) is 40.8 Å². The van der Waals surface area contributed by atoms with Crippen LogP contribution in [0.4, 0.5) is 0 Å². The van der Waals surface area contributed by atoms with Crippen LogP contribution in [0.3, 0.4) is 0 Å². The van der Waals surface area contributed by atoms with Crippen molar-refractivity contribution in [2.45, 2.75) is 25.8 Å². The summed E-state index contributed by atoms with van der Waals surface area (Å²) in [5.74, 6) is 0.852. The van der Waals surface area contributed by atoms with Crippen LogP contribution in [-0.2, 0) is 11.3 Å². The van der Waals surface area contributed by atoms with Crippen LogP contribution < -0.4 is 10.7 Å². The van der Waals surface area contributed by atoms with Crippen molar-refractivity contribution in [3.05, 3.63) is 46.8 Å². The van der Waals surface area contributed by atoms with Crippen molar-refractivity contribution >= 4 is 16.8 Å². The lowest BCUT2D eigenvalue weighted by atomic mass is 9.93. The number of aromatic nitrogens is 1. The molecule has 1 N–H and O–H groups in total. The van der Waals surface area contributed by atoms with Crippen LogP contribution in [0.1, 0.15) is 19.3 Å². The maximum absolute atomic E-state index is 12.6. The van der Waals surface area contributed by atoms with Gasteiger partial charge in [-0.25, -0.2) is 0 Å². The quantitative estimate of drug-likeness (QED) is 0.912. The number of rotatable bonds is 5. The van der Waals surface area contributed by atoms with Crippen molar-refractivity contribution in [2.75, 3.05) is 26.7 Å². The van der Waals surface area contributed by atoms with Crippen molar-refractivity contribution in [2.24, 2.45) is 5.92 Å². The van der Waals surface area contributed by atoms with Gasteiger partial charge in [0, 0.05) is 30.7 Å². The number of amides is 1. The van der Waals surface area contributed by atoms with Crippen LogP contribution in [0.25, 0.3) is 10.9 Å². The first-order valence-corrected chi connectivity index (χ1v) is 8.69. The van der Waals surface area contributed by atoms with Crippen molar-refractivity contribution in [1.29, 1.82) is 0 Å². The van der Waals surface area contributed by atoms with E-state index in [4.69, 9.17) is 0 Å². The molecule has 1 amide bonds. The van der Waals surface area contributed by atoms with Crippen LogP contribution in [0, 0.1) is 5.92 Å². The number of pyridine rings is 1. The largest absolute Gasteiger partial charge is 0.341 e. The van der Waals surface area contributed by atoms with Gasteiger partial charge >= 0.3 is 0 Å². The molecule has 1 saturated heterocycles. The Kier molecular flexibility index (Phi) is 5.30. The first-order valence-electron chi connectivity index (χ1n) is 8.69. The molecule has 5 heteroatoms. The fraction of sp³-hybridized carbons (Fsp3) is 0.474. The van der Waals surface area contributed by atoms with Gasteiger partial charge < -0.3 is 14.8 Å². The average molecular weight is 327 g/mol. The fourth-order valence-electron chi connectivity index (χ4n) is 3.46. The lowest BCUT2D eigenvalue weighted by Gasteiger charge is -2.32. The van der Waals surface area contributed by atoms with Crippen molar-refractivity contribution in [1.82, 2.24) is 14.8 Å². The summed E-state index contributed by atoms with van der Waals surface area (Å²) in [7, 11) is 1.98. The second kappa shape index (κ2) is 7.62. The third kappa shape index (κ3) is 3.67. The summed E-state index contributed by atoms with van der Waals surface area (Å²) in [5, 5.41) is 3.86. The van der Waals surface area contributed by atoms with Gasteiger partial charge in [-0.1, -0.05) is 12.1 Å². The molecule has 1 aliphatic rings. The molecule has 0 spiro atoms. The van der Waals surface area contributed by atoms with Gasteiger partial charge in [0.25, 0.3) is 0 Å². The van der Waals surface area contributed by atoms with Gasteiger partial charge in [0.15, 0.2) is 5.43 Å². The molecule has 1 aliphatic heterocycles. The molecule has 24 heavy (non-hydrogen) atoms. The zero-order valence-electron chi connectivity index (χ0n) is 14.2. The van der Waals surface area contributed by atoms with Gasteiger partial charge in [0.1, 0.15) is 6.54 Å². The highest BCUT2D eigenvalue weighted by molar-refractivity contribution is 5.82. The monoisotopic (exact) mass is 327 g/mol. The van der Waals surface area contributed by atoms with E-state index in [1.54, 1.807) is 12.3 Å². The number of carbonyl (C=O) groups is 1. The highest BCUT2D eigenvalue weighted by atomic mass is 16.2. The third-order valence-electron chi connectivity index (χ3n) is 4.96. The molecule has 5 nitrogen and oxygen atoms in total. The van der Waals surface area contributed by atoms with E-state index >= 15 is 0 Å². The Hall–Kier alpha value is -2.14. The van der Waals surface area contributed by atoms with E-state index in [9.17, 15) is 9.59 Å². The Bertz CT molecular complexity index is 761. The maximum atomic E-state index is 12.6. The molecule has 3 rings (SSSR count). The summed E-state index contributed by atoms with van der Waals surface area (Å²) in [5.41, 5.74) is 0.821. The number of hydrogen-bond acceptors (Lipinski definition) is 3. The second-order valence-electron chi connectivity index (χ2n) is 6.54. The molecule has 0 aliphatic carbocycles. The number of carbonyl (C=O) groups excluding carboxylic acids is 1. The van der Waals surface area contributed by atoms with Gasteiger partial charge in [0.2, 0.25) is 5.91 Å². The van der Waals surface area contributed by atoms with Gasteiger partial charge in [-0.3, -0.25) is 9.59 Å². The maximum Gasteiger partial charge on any atom is 0.242 e. The summed E-state index contributed by atoms with van der Waals surface area (Å²) in [6.45, 7) is 3.01. The van der Waals surface area contributed by atoms with Gasteiger partial charge in [-0.05, 0) is 50.9 Å². The standard InChI is InChI=1S/C19H25N3O2/c1-20-10-6-15-7-11-21(12-8-15)19(24)14-22-13-9-18(23)16-4-2-3-5-17(16)22/h2-5,9,13,15,20H,6-8,10-12,14H2,1H3. The molecule has 0 atom stereocenters. The van der Waals surface area contributed by atoms with E-state index in [2.05, 4.69) is 5.32 Å². The van der Waals surface area contributed by atoms with Crippen LogP contribution >= 0.6 is 0 Å². The minimum Gasteiger partial charge on any atom is -0.341 e.